The average molecular weight is 315 g/mol. The van der Waals surface area contributed by atoms with Crippen molar-refractivity contribution in [1.29, 1.82) is 0 Å². The Morgan fingerprint density at radius 2 is 2.00 bits per heavy atom. The minimum absolute atomic E-state index is 0.0217. The third kappa shape index (κ3) is 7.25. The van der Waals surface area contributed by atoms with Crippen molar-refractivity contribution in [3.05, 3.63) is 29.6 Å². The lowest BCUT2D eigenvalue weighted by atomic mass is 10.2. The summed E-state index contributed by atoms with van der Waals surface area (Å²) >= 11 is 0. The number of amides is 2. The van der Waals surface area contributed by atoms with Crippen LogP contribution in [0.25, 0.3) is 0 Å². The molecule has 1 heterocycles. The maximum Gasteiger partial charge on any atom is 0.354 e. The third-order valence-electron chi connectivity index (χ3n) is 2.47. The van der Waals surface area contributed by atoms with E-state index < -0.39 is 21.8 Å². The molecule has 116 valence electrons. The minimum atomic E-state index is -3.02. The number of carboxylic acid groups (broad SMARTS) is 1. The number of carbonyl (C=O) groups excluding carboxylic acids is 1. The molecule has 0 aliphatic carbocycles. The second-order valence-electron chi connectivity index (χ2n) is 4.45. The van der Waals surface area contributed by atoms with E-state index in [1.165, 1.54) is 12.3 Å². The summed E-state index contributed by atoms with van der Waals surface area (Å²) in [6.07, 6.45) is 2.86. The Morgan fingerprint density at radius 3 is 2.52 bits per heavy atom. The molecule has 2 amide bonds. The van der Waals surface area contributed by atoms with E-state index in [0.717, 1.165) is 6.26 Å². The van der Waals surface area contributed by atoms with Crippen molar-refractivity contribution in [2.24, 2.45) is 0 Å². The maximum atomic E-state index is 11.4. The van der Waals surface area contributed by atoms with E-state index in [9.17, 15) is 18.0 Å². The highest BCUT2D eigenvalue weighted by Crippen LogP contribution is 2.00. The number of carboxylic acids is 1. The molecule has 0 bridgehead atoms. The van der Waals surface area contributed by atoms with Gasteiger partial charge in [0.2, 0.25) is 0 Å². The maximum absolute atomic E-state index is 11.4. The van der Waals surface area contributed by atoms with Gasteiger partial charge in [0, 0.05) is 25.5 Å². The van der Waals surface area contributed by atoms with Crippen molar-refractivity contribution in [3.8, 4) is 0 Å². The van der Waals surface area contributed by atoms with Crippen molar-refractivity contribution in [1.82, 2.24) is 15.6 Å². The van der Waals surface area contributed by atoms with Crippen molar-refractivity contribution in [3.63, 3.8) is 0 Å². The van der Waals surface area contributed by atoms with Gasteiger partial charge in [0.05, 0.1) is 5.75 Å². The number of pyridine rings is 1. The molecule has 0 aliphatic rings. The summed E-state index contributed by atoms with van der Waals surface area (Å²) in [5.41, 5.74) is 0.593. The fourth-order valence-corrected chi connectivity index (χ4v) is 2.11. The molecule has 1 aromatic rings. The van der Waals surface area contributed by atoms with E-state index >= 15 is 0 Å². The average Bonchev–Trinajstić information content (AvgIpc) is 2.41. The molecule has 0 atom stereocenters. The number of sulfone groups is 1. The number of aromatic nitrogens is 1. The quantitative estimate of drug-likeness (QED) is 0.609. The summed E-state index contributed by atoms with van der Waals surface area (Å²) in [6.45, 7) is 0.458. The molecule has 0 aliphatic heterocycles. The molecular formula is C12H17N3O5S. The molecule has 0 fully saturated rings. The molecule has 1 aromatic heterocycles. The Balaban J connectivity index is 2.28. The number of nitrogens with one attached hydrogen (secondary N) is 2. The zero-order chi connectivity index (χ0) is 15.9. The summed E-state index contributed by atoms with van der Waals surface area (Å²) in [5.74, 6) is -1.09. The van der Waals surface area contributed by atoms with Crippen LogP contribution < -0.4 is 10.6 Å². The predicted octanol–water partition coefficient (Wildman–Crippen LogP) is 0.0137. The van der Waals surface area contributed by atoms with E-state index in [1.807, 2.05) is 0 Å². The summed E-state index contributed by atoms with van der Waals surface area (Å²) < 4.78 is 21.8. The Kier molecular flexibility index (Phi) is 6.10. The predicted molar refractivity (Wildman–Crippen MR) is 75.8 cm³/mol. The lowest BCUT2D eigenvalue weighted by Crippen LogP contribution is -2.36. The molecule has 8 nitrogen and oxygen atoms in total. The smallest absolute Gasteiger partial charge is 0.354 e. The summed E-state index contributed by atoms with van der Waals surface area (Å²) in [6, 6.07) is 2.48. The molecule has 0 unspecified atom stereocenters. The Labute approximate surface area is 122 Å². The van der Waals surface area contributed by atoms with Crippen LogP contribution >= 0.6 is 0 Å². The lowest BCUT2D eigenvalue weighted by Gasteiger charge is -2.07. The van der Waals surface area contributed by atoms with E-state index in [1.54, 1.807) is 6.07 Å². The van der Waals surface area contributed by atoms with Gasteiger partial charge in [0.15, 0.2) is 0 Å². The zero-order valence-electron chi connectivity index (χ0n) is 11.5. The van der Waals surface area contributed by atoms with Gasteiger partial charge in [-0.3, -0.25) is 0 Å². The van der Waals surface area contributed by atoms with Crippen molar-refractivity contribution >= 4 is 21.8 Å². The van der Waals surface area contributed by atoms with Crippen LogP contribution in [0.5, 0.6) is 0 Å². The summed E-state index contributed by atoms with van der Waals surface area (Å²) in [7, 11) is -3.02. The first kappa shape index (κ1) is 16.9. The van der Waals surface area contributed by atoms with E-state index in [4.69, 9.17) is 5.11 Å². The van der Waals surface area contributed by atoms with E-state index in [-0.39, 0.29) is 24.5 Å². The summed E-state index contributed by atoms with van der Waals surface area (Å²) in [5, 5.41) is 13.8. The Hall–Kier alpha value is -2.16. The topological polar surface area (TPSA) is 125 Å². The molecule has 0 spiro atoms. The zero-order valence-corrected chi connectivity index (χ0v) is 12.3. The van der Waals surface area contributed by atoms with Gasteiger partial charge in [0.25, 0.3) is 0 Å². The lowest BCUT2D eigenvalue weighted by molar-refractivity contribution is 0.0690. The first-order valence-corrected chi connectivity index (χ1v) is 8.21. The fourth-order valence-electron chi connectivity index (χ4n) is 1.44. The number of aromatic carboxylic acids is 1. The van der Waals surface area contributed by atoms with Crippen LogP contribution in [0.2, 0.25) is 0 Å². The second-order valence-corrected chi connectivity index (χ2v) is 6.71. The minimum Gasteiger partial charge on any atom is -0.477 e. The van der Waals surface area contributed by atoms with Crippen LogP contribution in [-0.2, 0) is 16.4 Å². The van der Waals surface area contributed by atoms with Gasteiger partial charge in [-0.2, -0.15) is 0 Å². The van der Waals surface area contributed by atoms with Crippen LogP contribution in [0, 0.1) is 0 Å². The van der Waals surface area contributed by atoms with Crippen LogP contribution in [0.15, 0.2) is 18.3 Å². The first-order chi connectivity index (χ1) is 9.78. The fraction of sp³-hybridized carbons (Fsp3) is 0.417. The standard InChI is InChI=1S/C12H17N3O5S/c1-21(19,20)6-2-5-13-12(18)15-8-9-3-4-10(11(16)17)14-7-9/h3-4,7H,2,5-6,8H2,1H3,(H,16,17)(H2,13,15,18). The number of urea groups is 1. The summed E-state index contributed by atoms with van der Waals surface area (Å²) in [4.78, 5) is 25.8. The SMILES string of the molecule is CS(=O)(=O)CCCNC(=O)NCc1ccc(C(=O)O)nc1. The van der Waals surface area contributed by atoms with Gasteiger partial charge in [-0.1, -0.05) is 6.07 Å². The number of nitrogens with zero attached hydrogens (tertiary/aromatic N) is 1. The molecule has 0 radical (unpaired) electrons. The van der Waals surface area contributed by atoms with Crippen molar-refractivity contribution in [2.45, 2.75) is 13.0 Å². The van der Waals surface area contributed by atoms with Crippen LogP contribution in [0.4, 0.5) is 4.79 Å². The van der Waals surface area contributed by atoms with Crippen LogP contribution in [0.1, 0.15) is 22.5 Å². The number of rotatable bonds is 7. The highest BCUT2D eigenvalue weighted by Gasteiger charge is 2.05. The Morgan fingerprint density at radius 1 is 1.29 bits per heavy atom. The number of carbonyl (C=O) groups is 2. The molecule has 0 saturated heterocycles. The van der Waals surface area contributed by atoms with Gasteiger partial charge in [-0.05, 0) is 18.1 Å². The number of hydrogen-bond acceptors (Lipinski definition) is 5. The molecule has 21 heavy (non-hydrogen) atoms. The van der Waals surface area contributed by atoms with Gasteiger partial charge in [0.1, 0.15) is 15.5 Å². The normalized spacial score (nSPS) is 10.9. The van der Waals surface area contributed by atoms with E-state index in [2.05, 4.69) is 15.6 Å². The van der Waals surface area contributed by atoms with Gasteiger partial charge in [-0.15, -0.1) is 0 Å². The van der Waals surface area contributed by atoms with Gasteiger partial charge in [-0.25, -0.2) is 23.0 Å². The molecular weight excluding hydrogens is 298 g/mol. The molecule has 9 heteroatoms. The van der Waals surface area contributed by atoms with Gasteiger partial charge >= 0.3 is 12.0 Å². The number of hydrogen-bond donors (Lipinski definition) is 3. The van der Waals surface area contributed by atoms with Crippen LogP contribution in [-0.4, -0.2) is 49.1 Å². The Bertz CT molecular complexity index is 598. The molecule has 0 aromatic carbocycles. The van der Waals surface area contributed by atoms with Crippen LogP contribution in [0.3, 0.4) is 0 Å². The van der Waals surface area contributed by atoms with E-state index in [0.29, 0.717) is 12.0 Å². The second kappa shape index (κ2) is 7.58. The van der Waals surface area contributed by atoms with Crippen molar-refractivity contribution < 1.29 is 23.1 Å². The molecule has 3 N–H and O–H groups in total. The third-order valence-corrected chi connectivity index (χ3v) is 3.50. The van der Waals surface area contributed by atoms with Gasteiger partial charge < -0.3 is 15.7 Å². The molecule has 1 rings (SSSR count). The highest BCUT2D eigenvalue weighted by atomic mass is 32.2. The highest BCUT2D eigenvalue weighted by molar-refractivity contribution is 7.90. The molecule has 0 saturated carbocycles. The monoisotopic (exact) mass is 315 g/mol. The van der Waals surface area contributed by atoms with Crippen molar-refractivity contribution in [2.75, 3.05) is 18.6 Å². The largest absolute Gasteiger partial charge is 0.477 e. The first-order valence-electron chi connectivity index (χ1n) is 6.15.